The lowest BCUT2D eigenvalue weighted by molar-refractivity contribution is -0.143. The van der Waals surface area contributed by atoms with E-state index < -0.39 is 23.5 Å². The molecule has 0 saturated carbocycles. The van der Waals surface area contributed by atoms with Crippen LogP contribution in [0.4, 0.5) is 37.7 Å². The summed E-state index contributed by atoms with van der Waals surface area (Å²) < 4.78 is 80.1. The molecule has 4 nitrogen and oxygen atoms in total. The van der Waals surface area contributed by atoms with Crippen LogP contribution in [0.5, 0.6) is 0 Å². The molecule has 1 saturated heterocycles. The molecule has 44 heavy (non-hydrogen) atoms. The fourth-order valence-corrected chi connectivity index (χ4v) is 5.01. The number of allylic oxidation sites excluding steroid dienone is 5. The first-order chi connectivity index (χ1) is 20.7. The quantitative estimate of drug-likeness (QED) is 0.120. The van der Waals surface area contributed by atoms with E-state index in [1.807, 2.05) is 13.8 Å². The van der Waals surface area contributed by atoms with Crippen molar-refractivity contribution in [1.29, 1.82) is 0 Å². The van der Waals surface area contributed by atoms with Crippen molar-refractivity contribution in [2.24, 2.45) is 4.99 Å². The van der Waals surface area contributed by atoms with Gasteiger partial charge in [-0.2, -0.15) is 26.3 Å². The van der Waals surface area contributed by atoms with Gasteiger partial charge in [0.2, 0.25) is 0 Å². The molecular formula is C34H42F6N4. The highest BCUT2D eigenvalue weighted by Gasteiger charge is 2.37. The van der Waals surface area contributed by atoms with E-state index in [1.54, 1.807) is 6.20 Å². The molecule has 2 aromatic carbocycles. The monoisotopic (exact) mass is 620 g/mol. The lowest BCUT2D eigenvalue weighted by Crippen LogP contribution is -2.36. The van der Waals surface area contributed by atoms with Crippen LogP contribution in [0.1, 0.15) is 76.5 Å². The first kappa shape index (κ1) is 35.0. The number of amidine groups is 1. The van der Waals surface area contributed by atoms with Crippen molar-refractivity contribution in [2.45, 2.75) is 78.2 Å². The number of likely N-dealkylation sites (tertiary alicyclic amines) is 1. The number of unbranched alkanes of at least 4 members (excludes halogenated alkanes) is 1. The Hall–Kier alpha value is -3.53. The first-order valence-corrected chi connectivity index (χ1v) is 15.0. The summed E-state index contributed by atoms with van der Waals surface area (Å²) in [4.78, 5) is 6.77. The van der Waals surface area contributed by atoms with E-state index in [4.69, 9.17) is 0 Å². The molecule has 0 radical (unpaired) electrons. The molecule has 2 N–H and O–H groups in total. The summed E-state index contributed by atoms with van der Waals surface area (Å²) in [5, 5.41) is 6.25. The standard InChI is InChI=1S/C34H42F6N4/c1-6-8-10-23(3)32(22-41-24(4)42-30-20-26(33(35,36)37)19-27(21-30)34(38,39)40)31(9-7-2)25-11-13-28(14-12-25)43-29-15-17-44(5)18-16-29/h9-14,19-22,29,43H,6-8,15-18H2,1-5H3,(H,41,42)/b23-10+,31-9-,32-22+. The molecular weight excluding hydrogens is 578 g/mol. The maximum absolute atomic E-state index is 13.3. The molecule has 2 aromatic rings. The summed E-state index contributed by atoms with van der Waals surface area (Å²) in [6.07, 6.45) is 0.630. The van der Waals surface area contributed by atoms with Gasteiger partial charge in [0.15, 0.2) is 0 Å². The van der Waals surface area contributed by atoms with Crippen LogP contribution in [0.15, 0.2) is 77.0 Å². The van der Waals surface area contributed by atoms with E-state index in [0.29, 0.717) is 18.2 Å². The Bertz CT molecular complexity index is 1330. The number of aliphatic imine (C=N–C) groups is 1. The molecule has 0 aliphatic carbocycles. The zero-order valence-electron chi connectivity index (χ0n) is 26.0. The van der Waals surface area contributed by atoms with Crippen LogP contribution in [0.3, 0.4) is 0 Å². The summed E-state index contributed by atoms with van der Waals surface area (Å²) >= 11 is 0. The molecule has 0 aromatic heterocycles. The molecule has 1 heterocycles. The number of alkyl halides is 6. The van der Waals surface area contributed by atoms with Crippen molar-refractivity contribution < 1.29 is 26.3 Å². The molecule has 1 aliphatic heterocycles. The number of rotatable bonds is 10. The summed E-state index contributed by atoms with van der Waals surface area (Å²) in [5.74, 6) is 0.145. The van der Waals surface area contributed by atoms with Gasteiger partial charge in [-0.25, -0.2) is 4.99 Å². The number of benzene rings is 2. The lowest BCUT2D eigenvalue weighted by atomic mass is 9.92. The van der Waals surface area contributed by atoms with Crippen LogP contribution < -0.4 is 10.6 Å². The predicted octanol–water partition coefficient (Wildman–Crippen LogP) is 10.2. The molecule has 10 heteroatoms. The topological polar surface area (TPSA) is 39.7 Å². The largest absolute Gasteiger partial charge is 0.416 e. The highest BCUT2D eigenvalue weighted by molar-refractivity contribution is 5.94. The molecule has 0 amide bonds. The van der Waals surface area contributed by atoms with E-state index >= 15 is 0 Å². The maximum Gasteiger partial charge on any atom is 0.416 e. The van der Waals surface area contributed by atoms with Gasteiger partial charge in [0.05, 0.1) is 11.1 Å². The van der Waals surface area contributed by atoms with Gasteiger partial charge in [0.1, 0.15) is 5.84 Å². The van der Waals surface area contributed by atoms with Crippen LogP contribution in [-0.4, -0.2) is 36.9 Å². The third-order valence-electron chi connectivity index (χ3n) is 7.45. The average molecular weight is 621 g/mol. The number of nitrogens with zero attached hydrogens (tertiary/aromatic N) is 2. The van der Waals surface area contributed by atoms with E-state index in [0.717, 1.165) is 73.2 Å². The summed E-state index contributed by atoms with van der Waals surface area (Å²) in [6, 6.07) is 10.0. The van der Waals surface area contributed by atoms with Crippen LogP contribution in [0, 0.1) is 0 Å². The third kappa shape index (κ3) is 10.3. The summed E-state index contributed by atoms with van der Waals surface area (Å²) in [5.41, 5.74) is 1.62. The first-order valence-electron chi connectivity index (χ1n) is 15.0. The number of hydrogen-bond acceptors (Lipinski definition) is 3. The van der Waals surface area contributed by atoms with Crippen molar-refractivity contribution in [3.8, 4) is 0 Å². The predicted molar refractivity (Wildman–Crippen MR) is 169 cm³/mol. The second-order valence-corrected chi connectivity index (χ2v) is 11.2. The fourth-order valence-electron chi connectivity index (χ4n) is 5.01. The van der Waals surface area contributed by atoms with Crippen molar-refractivity contribution in [2.75, 3.05) is 30.8 Å². The Morgan fingerprint density at radius 1 is 0.886 bits per heavy atom. The molecule has 240 valence electrons. The summed E-state index contributed by atoms with van der Waals surface area (Å²) in [7, 11) is 2.13. The second kappa shape index (κ2) is 15.5. The summed E-state index contributed by atoms with van der Waals surface area (Å²) in [6.45, 7) is 9.69. The SMILES string of the molecule is CC\C=C(C(=C/N=C(C)Nc1cc(C(F)(F)F)cc(C(F)(F)F)c1)/C(C)=C/CCC)\c1ccc(NC2CCN(C)CC2)cc1. The van der Waals surface area contributed by atoms with Gasteiger partial charge in [-0.05, 0) is 107 Å². The van der Waals surface area contributed by atoms with Crippen molar-refractivity contribution in [3.63, 3.8) is 0 Å². The van der Waals surface area contributed by atoms with Crippen LogP contribution in [0.2, 0.25) is 0 Å². The fraction of sp³-hybridized carbons (Fsp3) is 0.441. The van der Waals surface area contributed by atoms with Crippen LogP contribution in [-0.2, 0) is 12.4 Å². The Morgan fingerprint density at radius 3 is 2.00 bits per heavy atom. The normalized spacial score (nSPS) is 16.8. The van der Waals surface area contributed by atoms with Gasteiger partial charge in [-0.15, -0.1) is 0 Å². The average Bonchev–Trinajstić information content (AvgIpc) is 2.96. The highest BCUT2D eigenvalue weighted by Crippen LogP contribution is 2.38. The second-order valence-electron chi connectivity index (χ2n) is 11.2. The van der Waals surface area contributed by atoms with E-state index in [1.165, 1.54) is 6.92 Å². The number of anilines is 2. The number of hydrogen-bond donors (Lipinski definition) is 2. The number of halogens is 6. The van der Waals surface area contributed by atoms with Gasteiger partial charge < -0.3 is 15.5 Å². The van der Waals surface area contributed by atoms with E-state index in [9.17, 15) is 26.3 Å². The van der Waals surface area contributed by atoms with Gasteiger partial charge >= 0.3 is 12.4 Å². The molecule has 0 spiro atoms. The Kier molecular flexibility index (Phi) is 12.3. The minimum absolute atomic E-state index is 0.105. The van der Waals surface area contributed by atoms with Crippen LogP contribution >= 0.6 is 0 Å². The van der Waals surface area contributed by atoms with Crippen molar-refractivity contribution >= 4 is 22.8 Å². The molecule has 0 bridgehead atoms. The zero-order valence-corrected chi connectivity index (χ0v) is 26.0. The number of piperidine rings is 1. The molecule has 1 fully saturated rings. The minimum atomic E-state index is -4.94. The molecule has 0 unspecified atom stereocenters. The van der Waals surface area contributed by atoms with Crippen molar-refractivity contribution in [3.05, 3.63) is 88.7 Å². The molecule has 3 rings (SSSR count). The van der Waals surface area contributed by atoms with Crippen LogP contribution in [0.25, 0.3) is 5.57 Å². The molecule has 1 aliphatic rings. The Labute approximate surface area is 256 Å². The van der Waals surface area contributed by atoms with Crippen molar-refractivity contribution in [1.82, 2.24) is 4.90 Å². The van der Waals surface area contributed by atoms with E-state index in [-0.39, 0.29) is 17.6 Å². The van der Waals surface area contributed by atoms with Gasteiger partial charge in [-0.3, -0.25) is 0 Å². The minimum Gasteiger partial charge on any atom is -0.382 e. The Morgan fingerprint density at radius 2 is 1.48 bits per heavy atom. The zero-order chi connectivity index (χ0) is 32.5. The van der Waals surface area contributed by atoms with E-state index in [2.05, 4.69) is 70.9 Å². The maximum atomic E-state index is 13.3. The smallest absolute Gasteiger partial charge is 0.382 e. The van der Waals surface area contributed by atoms with Gasteiger partial charge in [-0.1, -0.05) is 44.6 Å². The third-order valence-corrected chi connectivity index (χ3v) is 7.45. The Balaban J connectivity index is 1.94. The molecule has 0 atom stereocenters. The van der Waals surface area contributed by atoms with Gasteiger partial charge in [0.25, 0.3) is 0 Å². The van der Waals surface area contributed by atoms with Gasteiger partial charge in [0, 0.05) is 29.2 Å². The highest BCUT2D eigenvalue weighted by atomic mass is 19.4. The lowest BCUT2D eigenvalue weighted by Gasteiger charge is -2.30. The number of nitrogens with one attached hydrogen (secondary N) is 2.